The Kier molecular flexibility index (Phi) is 5.93. The van der Waals surface area contributed by atoms with Crippen LogP contribution in [0.1, 0.15) is 56.4 Å². The van der Waals surface area contributed by atoms with Gasteiger partial charge in [-0.05, 0) is 82.1 Å². The second-order valence-corrected chi connectivity index (χ2v) is 8.12. The summed E-state index contributed by atoms with van der Waals surface area (Å²) < 4.78 is 0. The summed E-state index contributed by atoms with van der Waals surface area (Å²) in [7, 11) is 0. The van der Waals surface area contributed by atoms with Crippen molar-refractivity contribution in [2.75, 3.05) is 32.7 Å². The van der Waals surface area contributed by atoms with Crippen molar-refractivity contribution < 1.29 is 5.11 Å². The van der Waals surface area contributed by atoms with Crippen molar-refractivity contribution in [1.82, 2.24) is 14.8 Å². The number of piperidine rings is 2. The summed E-state index contributed by atoms with van der Waals surface area (Å²) in [5.41, 5.74) is 2.78. The van der Waals surface area contributed by atoms with Gasteiger partial charge in [-0.3, -0.25) is 4.90 Å². The molecular weight excluding hydrogens is 322 g/mol. The number of likely N-dealkylation sites (tertiary alicyclic amines) is 2. The molecule has 1 atom stereocenters. The van der Waals surface area contributed by atoms with Gasteiger partial charge in [0.2, 0.25) is 0 Å². The number of H-pyrrole nitrogens is 1. The Morgan fingerprint density at radius 2 is 1.77 bits per heavy atom. The van der Waals surface area contributed by atoms with Crippen molar-refractivity contribution in [3.8, 4) is 0 Å². The summed E-state index contributed by atoms with van der Waals surface area (Å²) in [5, 5.41) is 11.4. The maximum absolute atomic E-state index is 10.0. The van der Waals surface area contributed by atoms with E-state index in [9.17, 15) is 5.11 Å². The Morgan fingerprint density at radius 3 is 2.62 bits per heavy atom. The minimum absolute atomic E-state index is 0.185. The van der Waals surface area contributed by atoms with Crippen LogP contribution in [-0.2, 0) is 0 Å². The fourth-order valence-electron chi connectivity index (χ4n) is 4.78. The molecule has 0 aliphatic carbocycles. The molecule has 2 aromatic rings. The molecule has 4 nitrogen and oxygen atoms in total. The van der Waals surface area contributed by atoms with E-state index in [1.54, 1.807) is 0 Å². The highest BCUT2D eigenvalue weighted by molar-refractivity contribution is 5.83. The number of unbranched alkanes of at least 4 members (excludes halogenated alkanes) is 1. The first-order valence-corrected chi connectivity index (χ1v) is 10.5. The molecule has 1 aromatic heterocycles. The van der Waals surface area contributed by atoms with Gasteiger partial charge in [-0.15, -0.1) is 0 Å². The highest BCUT2D eigenvalue weighted by Gasteiger charge is 2.23. The van der Waals surface area contributed by atoms with Crippen molar-refractivity contribution in [3.05, 3.63) is 36.0 Å². The van der Waals surface area contributed by atoms with E-state index in [4.69, 9.17) is 0 Å². The van der Waals surface area contributed by atoms with Gasteiger partial charge in [-0.2, -0.15) is 0 Å². The Balaban J connectivity index is 1.19. The first-order chi connectivity index (χ1) is 12.8. The maximum Gasteiger partial charge on any atom is 0.107 e. The first kappa shape index (κ1) is 18.0. The van der Waals surface area contributed by atoms with Gasteiger partial charge in [0, 0.05) is 30.2 Å². The van der Waals surface area contributed by atoms with Gasteiger partial charge in [0.1, 0.15) is 6.23 Å². The minimum Gasteiger partial charge on any atom is -0.378 e. The number of nitrogens with zero attached hydrogens (tertiary/aromatic N) is 2. The van der Waals surface area contributed by atoms with Gasteiger partial charge in [-0.1, -0.05) is 18.2 Å². The Hall–Kier alpha value is -1.36. The van der Waals surface area contributed by atoms with E-state index in [2.05, 4.69) is 45.2 Å². The van der Waals surface area contributed by atoms with Crippen LogP contribution in [0, 0.1) is 0 Å². The van der Waals surface area contributed by atoms with Crippen LogP contribution in [0.5, 0.6) is 0 Å². The number of aliphatic hydroxyl groups excluding tert-OH is 1. The Labute approximate surface area is 157 Å². The molecule has 1 aromatic carbocycles. The molecule has 2 N–H and O–H groups in total. The highest BCUT2D eigenvalue weighted by Crippen LogP contribution is 2.33. The second-order valence-electron chi connectivity index (χ2n) is 8.12. The number of para-hydroxylation sites is 1. The van der Waals surface area contributed by atoms with Gasteiger partial charge in [0.25, 0.3) is 0 Å². The normalized spacial score (nSPS) is 23.7. The SMILES string of the molecule is OC1CCCCN1CCCCN1CCC(c2c[nH]c3ccccc23)CC1. The third kappa shape index (κ3) is 4.13. The number of nitrogens with one attached hydrogen (secondary N) is 1. The van der Waals surface area contributed by atoms with Crippen LogP contribution in [0.3, 0.4) is 0 Å². The molecule has 4 heteroatoms. The zero-order chi connectivity index (χ0) is 17.8. The molecule has 2 aliphatic rings. The van der Waals surface area contributed by atoms with E-state index >= 15 is 0 Å². The highest BCUT2D eigenvalue weighted by atomic mass is 16.3. The summed E-state index contributed by atoms with van der Waals surface area (Å²) in [4.78, 5) is 8.34. The fourth-order valence-corrected chi connectivity index (χ4v) is 4.78. The van der Waals surface area contributed by atoms with Crippen molar-refractivity contribution in [1.29, 1.82) is 0 Å². The molecule has 1 unspecified atom stereocenters. The lowest BCUT2D eigenvalue weighted by atomic mass is 9.89. The molecule has 0 saturated carbocycles. The van der Waals surface area contributed by atoms with Gasteiger partial charge in [-0.25, -0.2) is 0 Å². The van der Waals surface area contributed by atoms with Crippen LogP contribution < -0.4 is 0 Å². The first-order valence-electron chi connectivity index (χ1n) is 10.5. The molecule has 4 rings (SSSR count). The summed E-state index contributed by atoms with van der Waals surface area (Å²) in [6.07, 6.45) is 10.4. The van der Waals surface area contributed by atoms with Crippen molar-refractivity contribution in [2.45, 2.75) is 57.1 Å². The quantitative estimate of drug-likeness (QED) is 0.772. The molecule has 142 valence electrons. The standard InChI is InChI=1S/C22H33N3O/c26-22-9-3-4-13-25(22)14-6-5-12-24-15-10-18(11-16-24)20-17-23-21-8-2-1-7-19(20)21/h1-2,7-8,17-18,22-23,26H,3-6,9-16H2. The van der Waals surface area contributed by atoms with E-state index in [1.807, 2.05) is 0 Å². The smallest absolute Gasteiger partial charge is 0.107 e. The lowest BCUT2D eigenvalue weighted by Crippen LogP contribution is -2.40. The largest absolute Gasteiger partial charge is 0.378 e. The summed E-state index contributed by atoms with van der Waals surface area (Å²) in [6, 6.07) is 8.68. The van der Waals surface area contributed by atoms with Crippen LogP contribution in [-0.4, -0.2) is 58.8 Å². The zero-order valence-corrected chi connectivity index (χ0v) is 15.9. The lowest BCUT2D eigenvalue weighted by molar-refractivity contribution is -0.0245. The Bertz CT molecular complexity index is 690. The summed E-state index contributed by atoms with van der Waals surface area (Å²) >= 11 is 0. The van der Waals surface area contributed by atoms with E-state index in [0.717, 1.165) is 19.5 Å². The van der Waals surface area contributed by atoms with Gasteiger partial charge >= 0.3 is 0 Å². The number of fused-ring (bicyclic) bond motifs is 1. The fraction of sp³-hybridized carbons (Fsp3) is 0.636. The topological polar surface area (TPSA) is 42.5 Å². The van der Waals surface area contributed by atoms with Crippen LogP contribution >= 0.6 is 0 Å². The third-order valence-corrected chi connectivity index (χ3v) is 6.40. The number of aromatic nitrogens is 1. The van der Waals surface area contributed by atoms with Crippen molar-refractivity contribution in [3.63, 3.8) is 0 Å². The van der Waals surface area contributed by atoms with Gasteiger partial charge < -0.3 is 15.0 Å². The molecule has 0 spiro atoms. The molecule has 26 heavy (non-hydrogen) atoms. The van der Waals surface area contributed by atoms with Crippen LogP contribution in [0.4, 0.5) is 0 Å². The van der Waals surface area contributed by atoms with E-state index in [0.29, 0.717) is 5.92 Å². The predicted octanol–water partition coefficient (Wildman–Crippen LogP) is 3.93. The monoisotopic (exact) mass is 355 g/mol. The van der Waals surface area contributed by atoms with Crippen molar-refractivity contribution in [2.24, 2.45) is 0 Å². The third-order valence-electron chi connectivity index (χ3n) is 6.40. The average Bonchev–Trinajstić information content (AvgIpc) is 3.11. The number of hydrogen-bond donors (Lipinski definition) is 2. The number of aliphatic hydroxyl groups is 1. The molecule has 0 amide bonds. The zero-order valence-electron chi connectivity index (χ0n) is 15.9. The molecule has 3 heterocycles. The molecule has 2 fully saturated rings. The number of benzene rings is 1. The minimum atomic E-state index is -0.185. The van der Waals surface area contributed by atoms with Gasteiger partial charge in [0.15, 0.2) is 0 Å². The van der Waals surface area contributed by atoms with Gasteiger partial charge in [0.05, 0.1) is 0 Å². The van der Waals surface area contributed by atoms with Crippen LogP contribution in [0.15, 0.2) is 30.5 Å². The van der Waals surface area contributed by atoms with E-state index in [1.165, 1.54) is 74.6 Å². The summed E-state index contributed by atoms with van der Waals surface area (Å²) in [6.45, 7) is 5.79. The number of rotatable bonds is 6. The average molecular weight is 356 g/mol. The molecule has 2 saturated heterocycles. The van der Waals surface area contributed by atoms with Crippen LogP contribution in [0.2, 0.25) is 0 Å². The Morgan fingerprint density at radius 1 is 0.962 bits per heavy atom. The van der Waals surface area contributed by atoms with E-state index in [-0.39, 0.29) is 6.23 Å². The number of hydrogen-bond acceptors (Lipinski definition) is 3. The number of aromatic amines is 1. The molecular formula is C22H33N3O. The molecule has 0 bridgehead atoms. The predicted molar refractivity (Wildman–Crippen MR) is 107 cm³/mol. The lowest BCUT2D eigenvalue weighted by Gasteiger charge is -2.33. The molecule has 0 radical (unpaired) electrons. The maximum atomic E-state index is 10.0. The molecule has 2 aliphatic heterocycles. The second kappa shape index (κ2) is 8.55. The van der Waals surface area contributed by atoms with Crippen molar-refractivity contribution >= 4 is 10.9 Å². The van der Waals surface area contributed by atoms with E-state index < -0.39 is 0 Å². The summed E-state index contributed by atoms with van der Waals surface area (Å²) in [5.74, 6) is 0.700. The van der Waals surface area contributed by atoms with Crippen LogP contribution in [0.25, 0.3) is 10.9 Å².